The maximum atomic E-state index is 6.30. The zero-order chi connectivity index (χ0) is 13.8. The third-order valence-corrected chi connectivity index (χ3v) is 3.98. The summed E-state index contributed by atoms with van der Waals surface area (Å²) in [5.41, 5.74) is 8.52. The minimum Gasteiger partial charge on any atom is -0.496 e. The molecular weight excluding hydrogens is 370 g/mol. The van der Waals surface area contributed by atoms with E-state index in [2.05, 4.69) is 44.0 Å². The summed E-state index contributed by atoms with van der Waals surface area (Å²) in [4.78, 5) is 0. The van der Waals surface area contributed by atoms with Gasteiger partial charge < -0.3 is 10.5 Å². The first kappa shape index (κ1) is 14.6. The quantitative estimate of drug-likeness (QED) is 0.844. The van der Waals surface area contributed by atoms with Gasteiger partial charge in [-0.15, -0.1) is 0 Å². The van der Waals surface area contributed by atoms with Crippen LogP contribution < -0.4 is 10.5 Å². The summed E-state index contributed by atoms with van der Waals surface area (Å²) in [6, 6.07) is 14.0. The standard InChI is InChI=1S/C15H15Br2NO/c1-19-15-7-6-12(17)9-13(15)14(18)8-10-2-4-11(16)5-3-10/h2-7,9,14H,8,18H2,1H3. The van der Waals surface area contributed by atoms with Gasteiger partial charge in [0, 0.05) is 20.6 Å². The Morgan fingerprint density at radius 2 is 1.68 bits per heavy atom. The molecule has 0 heterocycles. The maximum Gasteiger partial charge on any atom is 0.123 e. The van der Waals surface area contributed by atoms with Crippen LogP contribution in [0.2, 0.25) is 0 Å². The fourth-order valence-corrected chi connectivity index (χ4v) is 2.62. The highest BCUT2D eigenvalue weighted by Crippen LogP contribution is 2.29. The van der Waals surface area contributed by atoms with Crippen LogP contribution in [-0.2, 0) is 6.42 Å². The third kappa shape index (κ3) is 3.81. The van der Waals surface area contributed by atoms with E-state index >= 15 is 0 Å². The number of methoxy groups -OCH3 is 1. The van der Waals surface area contributed by atoms with E-state index < -0.39 is 0 Å². The Balaban J connectivity index is 2.21. The molecule has 2 aromatic rings. The number of halogens is 2. The molecule has 0 saturated heterocycles. The lowest BCUT2D eigenvalue weighted by Crippen LogP contribution is -2.14. The zero-order valence-electron chi connectivity index (χ0n) is 10.6. The van der Waals surface area contributed by atoms with Gasteiger partial charge in [0.1, 0.15) is 5.75 Å². The highest BCUT2D eigenvalue weighted by molar-refractivity contribution is 9.10. The van der Waals surface area contributed by atoms with E-state index in [0.717, 1.165) is 26.7 Å². The summed E-state index contributed by atoms with van der Waals surface area (Å²) in [6.45, 7) is 0. The van der Waals surface area contributed by atoms with Gasteiger partial charge in [-0.25, -0.2) is 0 Å². The van der Waals surface area contributed by atoms with Crippen LogP contribution in [0.3, 0.4) is 0 Å². The summed E-state index contributed by atoms with van der Waals surface area (Å²) < 4.78 is 7.45. The number of nitrogens with two attached hydrogens (primary N) is 1. The van der Waals surface area contributed by atoms with Crippen molar-refractivity contribution in [3.8, 4) is 5.75 Å². The van der Waals surface area contributed by atoms with Crippen LogP contribution in [0, 0.1) is 0 Å². The van der Waals surface area contributed by atoms with Gasteiger partial charge in [0.25, 0.3) is 0 Å². The second-order valence-corrected chi connectivity index (χ2v) is 6.15. The third-order valence-electron chi connectivity index (χ3n) is 2.96. The summed E-state index contributed by atoms with van der Waals surface area (Å²) in [7, 11) is 1.67. The first-order chi connectivity index (χ1) is 9.10. The first-order valence-electron chi connectivity index (χ1n) is 5.93. The molecule has 0 saturated carbocycles. The SMILES string of the molecule is COc1ccc(Br)cc1C(N)Cc1ccc(Br)cc1. The Morgan fingerprint density at radius 1 is 1.05 bits per heavy atom. The molecule has 100 valence electrons. The van der Waals surface area contributed by atoms with Crippen molar-refractivity contribution in [2.75, 3.05) is 7.11 Å². The van der Waals surface area contributed by atoms with Gasteiger partial charge in [-0.3, -0.25) is 0 Å². The largest absolute Gasteiger partial charge is 0.496 e. The number of rotatable bonds is 4. The molecule has 4 heteroatoms. The molecule has 2 N–H and O–H groups in total. The van der Waals surface area contributed by atoms with E-state index in [1.165, 1.54) is 5.56 Å². The van der Waals surface area contributed by atoms with Crippen molar-refractivity contribution in [3.63, 3.8) is 0 Å². The van der Waals surface area contributed by atoms with Crippen molar-refractivity contribution in [2.24, 2.45) is 5.73 Å². The average Bonchev–Trinajstić information content (AvgIpc) is 2.41. The highest BCUT2D eigenvalue weighted by Gasteiger charge is 2.13. The molecule has 0 spiro atoms. The topological polar surface area (TPSA) is 35.2 Å². The fourth-order valence-electron chi connectivity index (χ4n) is 1.98. The van der Waals surface area contributed by atoms with E-state index in [4.69, 9.17) is 10.5 Å². The van der Waals surface area contributed by atoms with Gasteiger partial charge in [-0.05, 0) is 42.3 Å². The molecule has 0 aliphatic heterocycles. The average molecular weight is 385 g/mol. The Kier molecular flexibility index (Phi) is 5.02. The van der Waals surface area contributed by atoms with Crippen LogP contribution in [0.4, 0.5) is 0 Å². The van der Waals surface area contributed by atoms with Crippen LogP contribution in [0.5, 0.6) is 5.75 Å². The van der Waals surface area contributed by atoms with Crippen LogP contribution in [0.15, 0.2) is 51.4 Å². The van der Waals surface area contributed by atoms with Crippen molar-refractivity contribution >= 4 is 31.9 Å². The van der Waals surface area contributed by atoms with Crippen molar-refractivity contribution < 1.29 is 4.74 Å². The number of hydrogen-bond donors (Lipinski definition) is 1. The molecule has 2 nitrogen and oxygen atoms in total. The molecule has 0 aromatic heterocycles. The van der Waals surface area contributed by atoms with Gasteiger partial charge in [0.05, 0.1) is 7.11 Å². The Morgan fingerprint density at radius 3 is 2.32 bits per heavy atom. The molecule has 2 rings (SSSR count). The minimum absolute atomic E-state index is 0.0892. The molecule has 0 fully saturated rings. The molecule has 1 atom stereocenters. The normalized spacial score (nSPS) is 12.2. The number of ether oxygens (including phenoxy) is 1. The van der Waals surface area contributed by atoms with Crippen LogP contribution in [0.25, 0.3) is 0 Å². The summed E-state index contributed by atoms with van der Waals surface area (Å²) >= 11 is 6.90. The second-order valence-electron chi connectivity index (χ2n) is 4.32. The molecule has 0 aliphatic rings. The van der Waals surface area contributed by atoms with Gasteiger partial charge >= 0.3 is 0 Å². The lowest BCUT2D eigenvalue weighted by molar-refractivity contribution is 0.405. The molecule has 1 unspecified atom stereocenters. The predicted molar refractivity (Wildman–Crippen MR) is 85.5 cm³/mol. The molecule has 2 aromatic carbocycles. The van der Waals surface area contributed by atoms with E-state index in [9.17, 15) is 0 Å². The maximum absolute atomic E-state index is 6.30. The number of hydrogen-bond acceptors (Lipinski definition) is 2. The molecule has 19 heavy (non-hydrogen) atoms. The van der Waals surface area contributed by atoms with Gasteiger partial charge in [0.2, 0.25) is 0 Å². The summed E-state index contributed by atoms with van der Waals surface area (Å²) in [5.74, 6) is 0.827. The predicted octanol–water partition coefficient (Wildman–Crippen LogP) is 4.46. The number of benzene rings is 2. The first-order valence-corrected chi connectivity index (χ1v) is 7.52. The minimum atomic E-state index is -0.0892. The van der Waals surface area contributed by atoms with E-state index in [1.54, 1.807) is 7.11 Å². The monoisotopic (exact) mass is 383 g/mol. The molecule has 0 bridgehead atoms. The molecule has 0 amide bonds. The van der Waals surface area contributed by atoms with Crippen molar-refractivity contribution in [2.45, 2.75) is 12.5 Å². The van der Waals surface area contributed by atoms with Crippen molar-refractivity contribution in [3.05, 3.63) is 62.5 Å². The lowest BCUT2D eigenvalue weighted by Gasteiger charge is -2.16. The smallest absolute Gasteiger partial charge is 0.123 e. The fraction of sp³-hybridized carbons (Fsp3) is 0.200. The lowest BCUT2D eigenvalue weighted by atomic mass is 9.99. The van der Waals surface area contributed by atoms with Gasteiger partial charge in [-0.1, -0.05) is 44.0 Å². The Bertz CT molecular complexity index is 555. The molecule has 0 radical (unpaired) electrons. The van der Waals surface area contributed by atoms with E-state index in [-0.39, 0.29) is 6.04 Å². The Hall–Kier alpha value is -0.840. The molecular formula is C15H15Br2NO. The second kappa shape index (κ2) is 6.55. The molecule has 0 aliphatic carbocycles. The van der Waals surface area contributed by atoms with E-state index in [0.29, 0.717) is 0 Å². The summed E-state index contributed by atoms with van der Waals surface area (Å²) in [6.07, 6.45) is 0.778. The van der Waals surface area contributed by atoms with Gasteiger partial charge in [0.15, 0.2) is 0 Å². The summed E-state index contributed by atoms with van der Waals surface area (Å²) in [5, 5.41) is 0. The van der Waals surface area contributed by atoms with Crippen molar-refractivity contribution in [1.82, 2.24) is 0 Å². The highest BCUT2D eigenvalue weighted by atomic mass is 79.9. The van der Waals surface area contributed by atoms with Crippen molar-refractivity contribution in [1.29, 1.82) is 0 Å². The van der Waals surface area contributed by atoms with Crippen LogP contribution in [-0.4, -0.2) is 7.11 Å². The van der Waals surface area contributed by atoms with Crippen LogP contribution >= 0.6 is 31.9 Å². The van der Waals surface area contributed by atoms with Crippen LogP contribution in [0.1, 0.15) is 17.2 Å². The Labute approximate surface area is 130 Å². The van der Waals surface area contributed by atoms with E-state index in [1.807, 2.05) is 30.3 Å². The van der Waals surface area contributed by atoms with Gasteiger partial charge in [-0.2, -0.15) is 0 Å². The zero-order valence-corrected chi connectivity index (χ0v) is 13.7.